The molecule has 1 saturated heterocycles. The van der Waals surface area contributed by atoms with Gasteiger partial charge in [-0.25, -0.2) is 4.98 Å². The predicted octanol–water partition coefficient (Wildman–Crippen LogP) is 4.85. The van der Waals surface area contributed by atoms with Crippen molar-refractivity contribution in [1.29, 1.82) is 0 Å². The number of thiazole rings is 1. The van der Waals surface area contributed by atoms with Crippen LogP contribution in [-0.2, 0) is 4.79 Å². The summed E-state index contributed by atoms with van der Waals surface area (Å²) < 4.78 is 0. The number of likely N-dealkylation sites (tertiary alicyclic amines) is 1. The van der Waals surface area contributed by atoms with Crippen LogP contribution < -0.4 is 10.6 Å². The number of hydrogen-bond donors (Lipinski definition) is 3. The van der Waals surface area contributed by atoms with Crippen LogP contribution in [0.15, 0.2) is 53.9 Å². The van der Waals surface area contributed by atoms with E-state index in [0.717, 1.165) is 29.0 Å². The van der Waals surface area contributed by atoms with Crippen LogP contribution in [0.1, 0.15) is 34.3 Å². The molecule has 0 aliphatic carbocycles. The molecule has 1 aliphatic heterocycles. The van der Waals surface area contributed by atoms with Crippen molar-refractivity contribution in [3.63, 3.8) is 0 Å². The van der Waals surface area contributed by atoms with E-state index in [2.05, 4.69) is 15.6 Å². The molecule has 1 fully saturated rings. The smallest absolute Gasteiger partial charge is 0.322 e. The number of thiocarbonyl (C=S) groups is 1. The van der Waals surface area contributed by atoms with Gasteiger partial charge in [-0.1, -0.05) is 41.9 Å². The van der Waals surface area contributed by atoms with E-state index in [9.17, 15) is 9.59 Å². The number of carboxylic acids is 1. The van der Waals surface area contributed by atoms with Gasteiger partial charge in [0.05, 0.1) is 5.01 Å². The fourth-order valence-corrected chi connectivity index (χ4v) is 5.18. The normalized spacial score (nSPS) is 14.0. The van der Waals surface area contributed by atoms with E-state index in [1.165, 1.54) is 11.3 Å². The number of halogens is 1. The Kier molecular flexibility index (Phi) is 7.77. The number of benzene rings is 2. The highest BCUT2D eigenvalue weighted by Gasteiger charge is 2.25. The molecule has 3 aromatic rings. The highest BCUT2D eigenvalue weighted by atomic mass is 35.5. The van der Waals surface area contributed by atoms with E-state index in [1.54, 1.807) is 5.38 Å². The van der Waals surface area contributed by atoms with Crippen LogP contribution in [-0.4, -0.2) is 51.6 Å². The molecule has 34 heavy (non-hydrogen) atoms. The Labute approximate surface area is 211 Å². The molecular weight excluding hydrogens is 492 g/mol. The lowest BCUT2D eigenvalue weighted by Gasteiger charge is -2.32. The third kappa shape index (κ3) is 5.91. The second-order valence-corrected chi connectivity index (χ2v) is 9.60. The molecule has 0 bridgehead atoms. The second-order valence-electron chi connectivity index (χ2n) is 7.89. The van der Waals surface area contributed by atoms with Gasteiger partial charge in [0, 0.05) is 40.7 Å². The Balaban J connectivity index is 1.38. The zero-order valence-electron chi connectivity index (χ0n) is 18.2. The number of carboxylic acid groups (broad SMARTS) is 1. The van der Waals surface area contributed by atoms with Crippen LogP contribution in [0.2, 0.25) is 5.02 Å². The summed E-state index contributed by atoms with van der Waals surface area (Å²) in [6.07, 6.45) is 1.67. The Morgan fingerprint density at radius 3 is 2.56 bits per heavy atom. The summed E-state index contributed by atoms with van der Waals surface area (Å²) in [6.45, 7) is 1.24. The first-order valence-electron chi connectivity index (χ1n) is 10.8. The van der Waals surface area contributed by atoms with E-state index in [-0.39, 0.29) is 18.4 Å². The maximum absolute atomic E-state index is 12.9. The van der Waals surface area contributed by atoms with Crippen molar-refractivity contribution in [2.45, 2.75) is 18.8 Å². The average Bonchev–Trinajstić information content (AvgIpc) is 3.34. The van der Waals surface area contributed by atoms with Crippen LogP contribution >= 0.6 is 35.2 Å². The number of piperidine rings is 1. The number of carbonyl (C=O) groups is 2. The lowest BCUT2D eigenvalue weighted by atomic mass is 9.98. The Morgan fingerprint density at radius 2 is 1.85 bits per heavy atom. The molecule has 10 heteroatoms. The summed E-state index contributed by atoms with van der Waals surface area (Å²) in [7, 11) is 0. The van der Waals surface area contributed by atoms with Gasteiger partial charge in [0.25, 0.3) is 5.91 Å². The van der Waals surface area contributed by atoms with Crippen LogP contribution in [0.3, 0.4) is 0 Å². The van der Waals surface area contributed by atoms with Crippen molar-refractivity contribution in [3.05, 3.63) is 69.6 Å². The summed E-state index contributed by atoms with van der Waals surface area (Å²) in [5.74, 6) is -0.951. The van der Waals surface area contributed by atoms with Crippen molar-refractivity contribution in [2.75, 3.05) is 25.0 Å². The second kappa shape index (κ2) is 10.9. The number of nitrogens with one attached hydrogen (secondary N) is 2. The SMILES string of the molecule is O=C(O)CNC(=S)N1CCC(c2nc(C(=O)Nc3ccccc3-c3ccc(Cl)cc3)cs2)CC1. The molecule has 2 heterocycles. The Morgan fingerprint density at radius 1 is 1.15 bits per heavy atom. The van der Waals surface area contributed by atoms with Crippen LogP contribution in [0.5, 0.6) is 0 Å². The molecule has 1 aliphatic rings. The summed E-state index contributed by atoms with van der Waals surface area (Å²) in [4.78, 5) is 30.3. The number of hydrogen-bond acceptors (Lipinski definition) is 5. The largest absolute Gasteiger partial charge is 0.480 e. The summed E-state index contributed by atoms with van der Waals surface area (Å²) >= 11 is 12.8. The molecule has 0 spiro atoms. The van der Waals surface area contributed by atoms with E-state index in [0.29, 0.717) is 34.6 Å². The van der Waals surface area contributed by atoms with Crippen molar-refractivity contribution < 1.29 is 14.7 Å². The van der Waals surface area contributed by atoms with Crippen molar-refractivity contribution in [2.24, 2.45) is 0 Å². The van der Waals surface area contributed by atoms with E-state index in [1.807, 2.05) is 53.4 Å². The number of para-hydroxylation sites is 1. The number of rotatable bonds is 6. The van der Waals surface area contributed by atoms with Crippen molar-refractivity contribution in [3.8, 4) is 11.1 Å². The number of amides is 1. The molecule has 0 atom stereocenters. The van der Waals surface area contributed by atoms with Crippen molar-refractivity contribution in [1.82, 2.24) is 15.2 Å². The minimum atomic E-state index is -0.943. The summed E-state index contributed by atoms with van der Waals surface area (Å²) in [6, 6.07) is 15.1. The standard InChI is InChI=1S/C24H23ClN4O3S2/c25-17-7-5-15(6-8-17)18-3-1-2-4-19(18)27-22(32)20-14-34-23(28-20)16-9-11-29(12-10-16)24(33)26-13-21(30)31/h1-8,14,16H,9-13H2,(H,26,33)(H,27,32)(H,30,31). The molecule has 4 rings (SSSR count). The maximum atomic E-state index is 12.9. The number of nitrogens with zero attached hydrogens (tertiary/aromatic N) is 2. The monoisotopic (exact) mass is 514 g/mol. The van der Waals surface area contributed by atoms with E-state index in [4.69, 9.17) is 28.9 Å². The zero-order valence-corrected chi connectivity index (χ0v) is 20.6. The molecule has 0 saturated carbocycles. The van der Waals surface area contributed by atoms with Crippen LogP contribution in [0.4, 0.5) is 5.69 Å². The fraction of sp³-hybridized carbons (Fsp3) is 0.250. The van der Waals surface area contributed by atoms with Crippen LogP contribution in [0, 0.1) is 0 Å². The summed E-state index contributed by atoms with van der Waals surface area (Å²) in [5.41, 5.74) is 2.97. The molecule has 0 radical (unpaired) electrons. The topological polar surface area (TPSA) is 94.6 Å². The summed E-state index contributed by atoms with van der Waals surface area (Å²) in [5, 5.41) is 18.4. The zero-order chi connectivity index (χ0) is 24.1. The average molecular weight is 515 g/mol. The first kappa shape index (κ1) is 24.1. The van der Waals surface area contributed by atoms with Gasteiger partial charge in [-0.3, -0.25) is 9.59 Å². The Bertz CT molecular complexity index is 1190. The highest BCUT2D eigenvalue weighted by molar-refractivity contribution is 7.80. The highest BCUT2D eigenvalue weighted by Crippen LogP contribution is 2.32. The van der Waals surface area contributed by atoms with E-state index >= 15 is 0 Å². The first-order valence-corrected chi connectivity index (χ1v) is 12.4. The maximum Gasteiger partial charge on any atom is 0.322 e. The van der Waals surface area contributed by atoms with Gasteiger partial charge >= 0.3 is 5.97 Å². The van der Waals surface area contributed by atoms with Gasteiger partial charge in [0.2, 0.25) is 0 Å². The first-order chi connectivity index (χ1) is 16.4. The molecule has 3 N–H and O–H groups in total. The molecular formula is C24H23ClN4O3S2. The minimum absolute atomic E-state index is 0.190. The predicted molar refractivity (Wildman–Crippen MR) is 139 cm³/mol. The van der Waals surface area contributed by atoms with Gasteiger partial charge in [0.15, 0.2) is 5.11 Å². The van der Waals surface area contributed by atoms with Crippen LogP contribution in [0.25, 0.3) is 11.1 Å². The lowest BCUT2D eigenvalue weighted by molar-refractivity contribution is -0.135. The lowest BCUT2D eigenvalue weighted by Crippen LogP contribution is -2.45. The number of anilines is 1. The van der Waals surface area contributed by atoms with Gasteiger partial charge < -0.3 is 20.6 Å². The molecule has 176 valence electrons. The number of carbonyl (C=O) groups excluding carboxylic acids is 1. The molecule has 2 aromatic carbocycles. The number of aliphatic carboxylic acids is 1. The molecule has 0 unspecified atom stereocenters. The molecule has 1 aromatic heterocycles. The van der Waals surface area contributed by atoms with Gasteiger partial charge in [-0.05, 0) is 48.8 Å². The van der Waals surface area contributed by atoms with Gasteiger partial charge in [-0.15, -0.1) is 11.3 Å². The fourth-order valence-electron chi connectivity index (χ4n) is 3.83. The molecule has 7 nitrogen and oxygen atoms in total. The third-order valence-corrected chi connectivity index (χ3v) is 7.27. The molecule has 1 amide bonds. The number of aromatic nitrogens is 1. The third-order valence-electron chi connectivity index (χ3n) is 5.61. The van der Waals surface area contributed by atoms with Gasteiger partial charge in [0.1, 0.15) is 12.2 Å². The van der Waals surface area contributed by atoms with Crippen molar-refractivity contribution >= 4 is 57.8 Å². The quantitative estimate of drug-likeness (QED) is 0.404. The van der Waals surface area contributed by atoms with E-state index < -0.39 is 5.97 Å². The minimum Gasteiger partial charge on any atom is -0.480 e. The van der Waals surface area contributed by atoms with Gasteiger partial charge in [-0.2, -0.15) is 0 Å². The Hall–Kier alpha value is -3.01.